The molecule has 2 aromatic rings. The van der Waals surface area contributed by atoms with Crippen LogP contribution in [0.3, 0.4) is 0 Å². The molecule has 0 atom stereocenters. The van der Waals surface area contributed by atoms with E-state index in [0.717, 1.165) is 48.7 Å². The van der Waals surface area contributed by atoms with Gasteiger partial charge in [0.2, 0.25) is 0 Å². The second-order valence-electron chi connectivity index (χ2n) is 7.16. The number of piperidine rings is 1. The molecule has 142 valence electrons. The summed E-state index contributed by atoms with van der Waals surface area (Å²) in [5, 5.41) is 15.3. The lowest BCUT2D eigenvalue weighted by molar-refractivity contribution is 0.129. The minimum absolute atomic E-state index is 0.189. The van der Waals surface area contributed by atoms with E-state index in [1.807, 2.05) is 19.9 Å². The first-order valence-corrected chi connectivity index (χ1v) is 9.35. The Kier molecular flexibility index (Phi) is 4.94. The summed E-state index contributed by atoms with van der Waals surface area (Å²) < 4.78 is 11.7. The predicted molar refractivity (Wildman–Crippen MR) is 103 cm³/mol. The third-order valence-electron chi connectivity index (χ3n) is 5.44. The van der Waals surface area contributed by atoms with Crippen LogP contribution in [0, 0.1) is 5.41 Å². The van der Waals surface area contributed by atoms with E-state index in [0.29, 0.717) is 19.0 Å². The molecule has 0 amide bonds. The van der Waals surface area contributed by atoms with E-state index in [4.69, 9.17) is 14.9 Å². The summed E-state index contributed by atoms with van der Waals surface area (Å²) in [4.78, 5) is 6.30. The molecule has 1 aromatic heterocycles. The molecule has 7 heteroatoms. The number of nitrogens with one attached hydrogen (secondary N) is 2. The van der Waals surface area contributed by atoms with Crippen molar-refractivity contribution in [2.24, 2.45) is 0 Å². The van der Waals surface area contributed by atoms with E-state index in [1.165, 1.54) is 17.5 Å². The van der Waals surface area contributed by atoms with Crippen LogP contribution in [-0.2, 0) is 18.0 Å². The van der Waals surface area contributed by atoms with Crippen LogP contribution in [0.25, 0.3) is 5.57 Å². The Morgan fingerprint density at radius 3 is 2.74 bits per heavy atom. The molecule has 1 saturated heterocycles. The van der Waals surface area contributed by atoms with E-state index in [2.05, 4.69) is 32.2 Å². The molecular weight excluding hydrogens is 342 g/mol. The highest BCUT2D eigenvalue weighted by atomic mass is 16.5. The topological polar surface area (TPSA) is 87.1 Å². The maximum atomic E-state index is 8.54. The van der Waals surface area contributed by atoms with Crippen molar-refractivity contribution in [2.75, 3.05) is 13.1 Å². The van der Waals surface area contributed by atoms with Gasteiger partial charge < -0.3 is 14.4 Å². The molecule has 3 heterocycles. The van der Waals surface area contributed by atoms with Crippen molar-refractivity contribution in [1.82, 2.24) is 20.1 Å². The van der Waals surface area contributed by atoms with Crippen molar-refractivity contribution >= 4 is 11.4 Å². The van der Waals surface area contributed by atoms with Gasteiger partial charge in [-0.2, -0.15) is 5.10 Å². The molecule has 1 aromatic carbocycles. The van der Waals surface area contributed by atoms with Crippen molar-refractivity contribution in [3.63, 3.8) is 0 Å². The Hall–Kier alpha value is -2.67. The molecule has 4 rings (SSSR count). The van der Waals surface area contributed by atoms with E-state index >= 15 is 0 Å². The molecule has 2 aliphatic rings. The largest absolute Gasteiger partial charge is 0.490 e. The molecule has 1 fully saturated rings. The summed E-state index contributed by atoms with van der Waals surface area (Å²) in [7, 11) is 0. The van der Waals surface area contributed by atoms with Gasteiger partial charge in [-0.1, -0.05) is 6.07 Å². The molecule has 0 radical (unpaired) electrons. The lowest BCUT2D eigenvalue weighted by Crippen LogP contribution is -2.42. The molecule has 0 bridgehead atoms. The first-order chi connectivity index (χ1) is 13.1. The highest BCUT2D eigenvalue weighted by molar-refractivity contribution is 6.01. The van der Waals surface area contributed by atoms with Gasteiger partial charge in [0.05, 0.1) is 13.2 Å². The summed E-state index contributed by atoms with van der Waals surface area (Å²) in [5.41, 5.74) is 4.37. The molecule has 27 heavy (non-hydrogen) atoms. The van der Waals surface area contributed by atoms with Gasteiger partial charge >= 0.3 is 0 Å². The number of amidine groups is 1. The Bertz CT molecular complexity index is 851. The zero-order chi connectivity index (χ0) is 18.8. The number of fused-ring (bicyclic) bond motifs is 1. The van der Waals surface area contributed by atoms with Crippen LogP contribution in [0.1, 0.15) is 43.6 Å². The Labute approximate surface area is 158 Å². The Morgan fingerprint density at radius 1 is 1.22 bits per heavy atom. The van der Waals surface area contributed by atoms with Gasteiger partial charge in [0.25, 0.3) is 0 Å². The summed E-state index contributed by atoms with van der Waals surface area (Å²) in [6, 6.07) is 6.24. The zero-order valence-corrected chi connectivity index (χ0v) is 15.8. The number of hydrogen-bond donors (Lipinski definition) is 2. The smallest absolute Gasteiger partial charge is 0.151 e. The van der Waals surface area contributed by atoms with E-state index in [-0.39, 0.29) is 6.10 Å². The average Bonchev–Trinajstić information content (AvgIpc) is 3.38. The fourth-order valence-electron chi connectivity index (χ4n) is 3.59. The van der Waals surface area contributed by atoms with Gasteiger partial charge in [0, 0.05) is 25.9 Å². The van der Waals surface area contributed by atoms with Crippen molar-refractivity contribution in [2.45, 2.75) is 46.0 Å². The minimum Gasteiger partial charge on any atom is -0.490 e. The Morgan fingerprint density at radius 2 is 2.00 bits per heavy atom. The van der Waals surface area contributed by atoms with Gasteiger partial charge in [0.15, 0.2) is 5.82 Å². The third kappa shape index (κ3) is 3.73. The average molecular weight is 367 g/mol. The van der Waals surface area contributed by atoms with Gasteiger partial charge in [-0.25, -0.2) is 4.98 Å². The summed E-state index contributed by atoms with van der Waals surface area (Å²) in [6.45, 7) is 6.96. The van der Waals surface area contributed by atoms with Gasteiger partial charge in [0.1, 0.15) is 24.0 Å². The molecule has 0 spiro atoms. The summed E-state index contributed by atoms with van der Waals surface area (Å²) in [6.07, 6.45) is 3.49. The van der Waals surface area contributed by atoms with Crippen LogP contribution in [-0.4, -0.2) is 45.1 Å². The molecule has 0 aliphatic carbocycles. The molecule has 0 saturated carbocycles. The number of likely N-dealkylation sites (tertiary alicyclic amines) is 1. The highest BCUT2D eigenvalue weighted by Crippen LogP contribution is 2.27. The number of ether oxygens (including phenoxy) is 2. The fraction of sp³-hybridized carbons (Fsp3) is 0.450. The number of benzene rings is 1. The fourth-order valence-corrected chi connectivity index (χ4v) is 3.59. The normalized spacial score (nSPS) is 18.2. The van der Waals surface area contributed by atoms with Gasteiger partial charge in [-0.15, -0.1) is 0 Å². The number of aromatic nitrogens is 3. The van der Waals surface area contributed by atoms with Crippen molar-refractivity contribution in [1.29, 1.82) is 5.41 Å². The number of nitrogens with zero attached hydrogens (tertiary/aromatic N) is 3. The number of aromatic amines is 1. The number of rotatable bonds is 4. The zero-order valence-electron chi connectivity index (χ0n) is 15.8. The number of hydrogen-bond acceptors (Lipinski definition) is 5. The van der Waals surface area contributed by atoms with Crippen LogP contribution in [0.4, 0.5) is 0 Å². The maximum absolute atomic E-state index is 8.54. The van der Waals surface area contributed by atoms with E-state index in [1.54, 1.807) is 0 Å². The SMILES string of the molecule is C/C(C(=N)N1CCC(Oc2ccc3c(c2)COC3)CC1)=C(\C)c1ncn[nH]1. The monoisotopic (exact) mass is 367 g/mol. The van der Waals surface area contributed by atoms with Crippen molar-refractivity contribution in [3.05, 3.63) is 47.1 Å². The minimum atomic E-state index is 0.189. The van der Waals surface area contributed by atoms with Gasteiger partial charge in [-0.3, -0.25) is 10.5 Å². The van der Waals surface area contributed by atoms with Crippen LogP contribution in [0.2, 0.25) is 0 Å². The maximum Gasteiger partial charge on any atom is 0.151 e. The lowest BCUT2D eigenvalue weighted by atomic mass is 10.0. The second-order valence-corrected chi connectivity index (χ2v) is 7.16. The molecule has 7 nitrogen and oxygen atoms in total. The predicted octanol–water partition coefficient (Wildman–Crippen LogP) is 3.15. The van der Waals surface area contributed by atoms with Crippen molar-refractivity contribution < 1.29 is 9.47 Å². The number of allylic oxidation sites excluding steroid dienone is 1. The van der Waals surface area contributed by atoms with Crippen LogP contribution >= 0.6 is 0 Å². The molecule has 2 N–H and O–H groups in total. The van der Waals surface area contributed by atoms with Crippen molar-refractivity contribution in [3.8, 4) is 5.75 Å². The lowest BCUT2D eigenvalue weighted by Gasteiger charge is -2.34. The first kappa shape index (κ1) is 17.7. The summed E-state index contributed by atoms with van der Waals surface area (Å²) in [5.74, 6) is 2.19. The molecule has 0 unspecified atom stereocenters. The van der Waals surface area contributed by atoms with Crippen LogP contribution < -0.4 is 4.74 Å². The Balaban J connectivity index is 1.35. The highest BCUT2D eigenvalue weighted by Gasteiger charge is 2.24. The quantitative estimate of drug-likeness (QED) is 0.640. The number of H-pyrrole nitrogens is 1. The molecule has 2 aliphatic heterocycles. The van der Waals surface area contributed by atoms with E-state index in [9.17, 15) is 0 Å². The molecular formula is C20H25N5O2. The van der Waals surface area contributed by atoms with Gasteiger partial charge in [-0.05, 0) is 48.3 Å². The van der Waals surface area contributed by atoms with Crippen LogP contribution in [0.15, 0.2) is 30.1 Å². The third-order valence-corrected chi connectivity index (χ3v) is 5.44. The second kappa shape index (κ2) is 7.52. The standard InChI is InChI=1S/C20H25N5O2/c1-13(14(2)20-22-12-23-24-20)19(21)25-7-5-17(6-8-25)27-18-4-3-15-10-26-11-16(15)9-18/h3-4,9,12,17,21H,5-8,10-11H2,1-2H3,(H,22,23,24)/b14-13-,21-19?. The first-order valence-electron chi connectivity index (χ1n) is 9.35. The van der Waals surface area contributed by atoms with E-state index < -0.39 is 0 Å². The van der Waals surface area contributed by atoms with Crippen LogP contribution in [0.5, 0.6) is 5.75 Å². The summed E-state index contributed by atoms with van der Waals surface area (Å²) >= 11 is 0.